The van der Waals surface area contributed by atoms with Crippen molar-refractivity contribution in [2.24, 2.45) is 0 Å². The molecule has 0 saturated carbocycles. The van der Waals surface area contributed by atoms with E-state index in [0.717, 1.165) is 0 Å². The Hall–Kier alpha value is -1.79. The van der Waals surface area contributed by atoms with E-state index in [1.807, 2.05) is 4.90 Å². The highest BCUT2D eigenvalue weighted by Gasteiger charge is 2.36. The zero-order chi connectivity index (χ0) is 23.2. The largest absolute Gasteiger partial charge is 0.463 e. The van der Waals surface area contributed by atoms with Gasteiger partial charge in [-0.25, -0.2) is 17.7 Å². The normalized spacial score (nSPS) is 17.8. The molecule has 14 heteroatoms. The van der Waals surface area contributed by atoms with E-state index in [9.17, 15) is 31.3 Å². The third-order valence-electron chi connectivity index (χ3n) is 4.14. The molecule has 1 aliphatic heterocycles. The first-order valence-corrected chi connectivity index (χ1v) is 10.8. The van der Waals surface area contributed by atoms with Crippen LogP contribution in [0.2, 0.25) is 0 Å². The Labute approximate surface area is 175 Å². The summed E-state index contributed by atoms with van der Waals surface area (Å²) in [5.74, 6) is -14.3. The molecule has 2 rings (SSSR count). The van der Waals surface area contributed by atoms with Crippen LogP contribution in [0.4, 0.5) is 22.0 Å². The summed E-state index contributed by atoms with van der Waals surface area (Å²) >= 11 is 0. The lowest BCUT2D eigenvalue weighted by atomic mass is 10.3. The lowest BCUT2D eigenvalue weighted by Crippen LogP contribution is -2.40. The number of morpholine rings is 1. The molecule has 2 atom stereocenters. The van der Waals surface area contributed by atoms with Crippen LogP contribution in [0, 0.1) is 29.1 Å². The molecule has 0 bridgehead atoms. The second-order valence-corrected chi connectivity index (χ2v) is 8.07. The fourth-order valence-corrected chi connectivity index (χ4v) is 4.06. The van der Waals surface area contributed by atoms with Crippen LogP contribution in [-0.4, -0.2) is 63.0 Å². The standard InChI is InChI=1S/C17H22F5N2O6P/c1-3-29-31(26,30-16-14(21)12(19)11(18)13(20)15(16)22)23-10(2)17(25)28-9-6-24-4-7-27-8-5-24/h10H,3-9H2,1-2H3,(H,23,26)/t10-,31?/m0/s1. The van der Waals surface area contributed by atoms with E-state index in [4.69, 9.17) is 14.0 Å². The fourth-order valence-electron chi connectivity index (χ4n) is 2.56. The summed E-state index contributed by atoms with van der Waals surface area (Å²) in [6, 6.07) is -1.36. The lowest BCUT2D eigenvalue weighted by molar-refractivity contribution is -0.146. The summed E-state index contributed by atoms with van der Waals surface area (Å²) in [7, 11) is -4.73. The van der Waals surface area contributed by atoms with Crippen LogP contribution in [0.3, 0.4) is 0 Å². The molecule has 0 aliphatic carbocycles. The highest BCUT2D eigenvalue weighted by atomic mass is 31.2. The number of rotatable bonds is 10. The van der Waals surface area contributed by atoms with Crippen LogP contribution in [0.15, 0.2) is 0 Å². The molecule has 31 heavy (non-hydrogen) atoms. The molecule has 176 valence electrons. The van der Waals surface area contributed by atoms with E-state index in [1.165, 1.54) is 13.8 Å². The summed E-state index contributed by atoms with van der Waals surface area (Å²) in [5.41, 5.74) is 0. The molecule has 1 aliphatic rings. The SMILES string of the molecule is CCOP(=O)(N[C@@H](C)C(=O)OCCN1CCOCC1)Oc1c(F)c(F)c(F)c(F)c1F. The maximum absolute atomic E-state index is 13.9. The number of nitrogens with zero attached hydrogens (tertiary/aromatic N) is 1. The summed E-state index contributed by atoms with van der Waals surface area (Å²) in [6.07, 6.45) is 0. The zero-order valence-corrected chi connectivity index (χ0v) is 17.7. The van der Waals surface area contributed by atoms with Crippen molar-refractivity contribution in [3.8, 4) is 5.75 Å². The van der Waals surface area contributed by atoms with Gasteiger partial charge < -0.3 is 14.0 Å². The van der Waals surface area contributed by atoms with Crippen molar-refractivity contribution in [1.29, 1.82) is 0 Å². The van der Waals surface area contributed by atoms with E-state index < -0.39 is 54.6 Å². The van der Waals surface area contributed by atoms with Crippen LogP contribution in [0.5, 0.6) is 5.75 Å². The first kappa shape index (κ1) is 25.5. The first-order chi connectivity index (χ1) is 14.6. The molecular weight excluding hydrogens is 454 g/mol. The van der Waals surface area contributed by atoms with Gasteiger partial charge in [0.05, 0.1) is 19.8 Å². The average Bonchev–Trinajstić information content (AvgIpc) is 2.74. The second kappa shape index (κ2) is 11.2. The van der Waals surface area contributed by atoms with E-state index in [0.29, 0.717) is 32.8 Å². The number of nitrogens with one attached hydrogen (secondary N) is 1. The van der Waals surface area contributed by atoms with Gasteiger partial charge in [0.25, 0.3) is 0 Å². The van der Waals surface area contributed by atoms with Crippen LogP contribution in [0.1, 0.15) is 13.8 Å². The molecule has 1 aromatic rings. The van der Waals surface area contributed by atoms with Gasteiger partial charge in [0.15, 0.2) is 0 Å². The average molecular weight is 476 g/mol. The van der Waals surface area contributed by atoms with Gasteiger partial charge in [-0.05, 0) is 13.8 Å². The third kappa shape index (κ3) is 6.59. The van der Waals surface area contributed by atoms with Gasteiger partial charge in [-0.2, -0.15) is 13.9 Å². The molecule has 0 spiro atoms. The number of benzene rings is 1. The summed E-state index contributed by atoms with van der Waals surface area (Å²) in [4.78, 5) is 14.1. The van der Waals surface area contributed by atoms with Crippen LogP contribution in [0.25, 0.3) is 0 Å². The molecule has 1 heterocycles. The van der Waals surface area contributed by atoms with Crippen molar-refractivity contribution in [1.82, 2.24) is 9.99 Å². The number of carbonyl (C=O) groups excluding carboxylic acids is 1. The number of halogens is 5. The lowest BCUT2D eigenvalue weighted by Gasteiger charge is -2.26. The van der Waals surface area contributed by atoms with E-state index in [-0.39, 0.29) is 13.2 Å². The summed E-state index contributed by atoms with van der Waals surface area (Å²) in [6.45, 7) is 5.07. The second-order valence-electron chi connectivity index (χ2n) is 6.38. The Morgan fingerprint density at radius 1 is 1.10 bits per heavy atom. The minimum absolute atomic E-state index is 0.00227. The number of hydrogen-bond acceptors (Lipinski definition) is 7. The van der Waals surface area contributed by atoms with Crippen molar-refractivity contribution in [2.75, 3.05) is 46.1 Å². The van der Waals surface area contributed by atoms with Crippen LogP contribution < -0.4 is 9.61 Å². The molecule has 1 N–H and O–H groups in total. The minimum atomic E-state index is -4.73. The molecule has 0 amide bonds. The predicted molar refractivity (Wildman–Crippen MR) is 96.9 cm³/mol. The van der Waals surface area contributed by atoms with E-state index in [2.05, 4.69) is 9.61 Å². The zero-order valence-electron chi connectivity index (χ0n) is 16.8. The topological polar surface area (TPSA) is 86.3 Å². The summed E-state index contributed by atoms with van der Waals surface area (Å²) in [5, 5.41) is 2.07. The first-order valence-electron chi connectivity index (χ1n) is 9.29. The Morgan fingerprint density at radius 2 is 1.65 bits per heavy atom. The Bertz CT molecular complexity index is 811. The van der Waals surface area contributed by atoms with Crippen LogP contribution >= 0.6 is 7.75 Å². The number of ether oxygens (including phenoxy) is 2. The maximum Gasteiger partial charge on any atom is 0.459 e. The smallest absolute Gasteiger partial charge is 0.459 e. The van der Waals surface area contributed by atoms with Gasteiger partial charge in [0.1, 0.15) is 12.6 Å². The van der Waals surface area contributed by atoms with Crippen molar-refractivity contribution in [2.45, 2.75) is 19.9 Å². The van der Waals surface area contributed by atoms with Crippen molar-refractivity contribution in [3.05, 3.63) is 29.1 Å². The molecule has 1 saturated heterocycles. The molecule has 0 aromatic heterocycles. The Morgan fingerprint density at radius 3 is 2.19 bits per heavy atom. The Balaban J connectivity index is 2.05. The highest BCUT2D eigenvalue weighted by molar-refractivity contribution is 7.52. The summed E-state index contributed by atoms with van der Waals surface area (Å²) < 4.78 is 100.0. The van der Waals surface area contributed by atoms with Crippen molar-refractivity contribution < 1.29 is 49.8 Å². The molecule has 1 aromatic carbocycles. The Kier molecular flexibility index (Phi) is 9.19. The van der Waals surface area contributed by atoms with Gasteiger partial charge in [-0.1, -0.05) is 0 Å². The molecule has 0 radical (unpaired) electrons. The molecular formula is C17H22F5N2O6P. The van der Waals surface area contributed by atoms with E-state index >= 15 is 0 Å². The van der Waals surface area contributed by atoms with Gasteiger partial charge in [0.2, 0.25) is 34.8 Å². The van der Waals surface area contributed by atoms with Crippen LogP contribution in [-0.2, 0) is 23.4 Å². The maximum atomic E-state index is 13.9. The predicted octanol–water partition coefficient (Wildman–Crippen LogP) is 2.76. The van der Waals surface area contributed by atoms with E-state index in [1.54, 1.807) is 0 Å². The van der Waals surface area contributed by atoms with Gasteiger partial charge in [-0.15, -0.1) is 0 Å². The number of esters is 1. The fraction of sp³-hybridized carbons (Fsp3) is 0.588. The third-order valence-corrected chi connectivity index (χ3v) is 5.87. The monoisotopic (exact) mass is 476 g/mol. The van der Waals surface area contributed by atoms with Gasteiger partial charge >= 0.3 is 13.7 Å². The molecule has 8 nitrogen and oxygen atoms in total. The quantitative estimate of drug-likeness (QED) is 0.182. The van der Waals surface area contributed by atoms with Crippen molar-refractivity contribution in [3.63, 3.8) is 0 Å². The molecule has 1 fully saturated rings. The number of hydrogen-bond donors (Lipinski definition) is 1. The highest BCUT2D eigenvalue weighted by Crippen LogP contribution is 2.47. The number of carbonyl (C=O) groups is 1. The minimum Gasteiger partial charge on any atom is -0.463 e. The van der Waals surface area contributed by atoms with Gasteiger partial charge in [-0.3, -0.25) is 14.2 Å². The van der Waals surface area contributed by atoms with Gasteiger partial charge in [0, 0.05) is 19.6 Å². The molecule has 1 unspecified atom stereocenters. The van der Waals surface area contributed by atoms with Crippen molar-refractivity contribution >= 4 is 13.7 Å².